The Morgan fingerprint density at radius 2 is 2.10 bits per heavy atom. The Morgan fingerprint density at radius 1 is 1.38 bits per heavy atom. The summed E-state index contributed by atoms with van der Waals surface area (Å²) in [6.45, 7) is 9.15. The number of halogens is 1. The first-order chi connectivity index (χ1) is 9.88. The van der Waals surface area contributed by atoms with Crippen LogP contribution in [0.3, 0.4) is 0 Å². The fourth-order valence-corrected chi connectivity index (χ4v) is 3.46. The average molecular weight is 306 g/mol. The Bertz CT molecular complexity index is 783. The smallest absolute Gasteiger partial charge is 0.326 e. The molecule has 21 heavy (non-hydrogen) atoms. The molecule has 0 saturated carbocycles. The van der Waals surface area contributed by atoms with E-state index in [2.05, 4.69) is 43.8 Å². The van der Waals surface area contributed by atoms with Crippen LogP contribution in [0.25, 0.3) is 11.0 Å². The van der Waals surface area contributed by atoms with Gasteiger partial charge in [-0.25, -0.2) is 4.79 Å². The molecule has 4 nitrogen and oxygen atoms in total. The highest BCUT2D eigenvalue weighted by atomic mass is 35.5. The fraction of sp³-hybridized carbons (Fsp3) is 0.438. The van der Waals surface area contributed by atoms with Crippen LogP contribution in [0.4, 0.5) is 0 Å². The van der Waals surface area contributed by atoms with Crippen molar-refractivity contribution >= 4 is 22.6 Å². The molecule has 1 aromatic carbocycles. The molecular formula is C16H20ClN3O. The largest absolute Gasteiger partial charge is 0.366 e. The zero-order valence-corrected chi connectivity index (χ0v) is 13.5. The first-order valence-electron chi connectivity index (χ1n) is 7.23. The van der Waals surface area contributed by atoms with Gasteiger partial charge in [0.15, 0.2) is 0 Å². The molecule has 0 fully saturated rings. The van der Waals surface area contributed by atoms with E-state index in [0.717, 1.165) is 16.6 Å². The van der Waals surface area contributed by atoms with Crippen LogP contribution in [0.15, 0.2) is 28.7 Å². The minimum absolute atomic E-state index is 0.0633. The van der Waals surface area contributed by atoms with Crippen LogP contribution in [0.2, 0.25) is 5.02 Å². The SMILES string of the molecule is CC(C)=CN1[C@@H](C)Cn2c(=O)[nH]c3cc(Cl)cc(c32)[C@@H]1C. The zero-order valence-electron chi connectivity index (χ0n) is 12.8. The molecule has 112 valence electrons. The number of imidazole rings is 1. The van der Waals surface area contributed by atoms with E-state index >= 15 is 0 Å². The van der Waals surface area contributed by atoms with Gasteiger partial charge in [-0.1, -0.05) is 17.2 Å². The summed E-state index contributed by atoms with van der Waals surface area (Å²) in [6, 6.07) is 4.20. The third kappa shape index (κ3) is 2.27. The third-order valence-electron chi connectivity index (χ3n) is 4.12. The van der Waals surface area contributed by atoms with Gasteiger partial charge in [0, 0.05) is 23.2 Å². The molecule has 1 aliphatic rings. The number of hydrogen-bond donors (Lipinski definition) is 1. The van der Waals surface area contributed by atoms with E-state index < -0.39 is 0 Å². The Balaban J connectivity index is 2.30. The molecule has 0 spiro atoms. The summed E-state index contributed by atoms with van der Waals surface area (Å²) in [5.41, 5.74) is 4.07. The molecule has 0 amide bonds. The maximum absolute atomic E-state index is 12.2. The van der Waals surface area contributed by atoms with Gasteiger partial charge in [-0.2, -0.15) is 0 Å². The van der Waals surface area contributed by atoms with E-state index in [1.54, 1.807) is 0 Å². The molecule has 0 saturated heterocycles. The summed E-state index contributed by atoms with van der Waals surface area (Å²) in [4.78, 5) is 17.5. The van der Waals surface area contributed by atoms with Crippen LogP contribution in [0.5, 0.6) is 0 Å². The van der Waals surface area contributed by atoms with Gasteiger partial charge in [0.25, 0.3) is 0 Å². The van der Waals surface area contributed by atoms with Gasteiger partial charge >= 0.3 is 5.69 Å². The minimum atomic E-state index is -0.0633. The fourth-order valence-electron chi connectivity index (χ4n) is 3.23. The summed E-state index contributed by atoms with van der Waals surface area (Å²) in [6.07, 6.45) is 2.17. The normalized spacial score (nSPS) is 21.5. The quantitative estimate of drug-likeness (QED) is 0.873. The Kier molecular flexibility index (Phi) is 3.36. The van der Waals surface area contributed by atoms with Crippen LogP contribution in [0.1, 0.15) is 39.3 Å². The van der Waals surface area contributed by atoms with Gasteiger partial charge in [-0.05, 0) is 46.0 Å². The highest BCUT2D eigenvalue weighted by molar-refractivity contribution is 6.31. The predicted molar refractivity (Wildman–Crippen MR) is 86.7 cm³/mol. The first-order valence-corrected chi connectivity index (χ1v) is 7.60. The molecule has 0 unspecified atom stereocenters. The molecular weight excluding hydrogens is 286 g/mol. The van der Waals surface area contributed by atoms with Crippen molar-refractivity contribution in [2.75, 3.05) is 0 Å². The van der Waals surface area contributed by atoms with Gasteiger partial charge < -0.3 is 9.88 Å². The van der Waals surface area contributed by atoms with Gasteiger partial charge in [-0.15, -0.1) is 0 Å². The second-order valence-electron chi connectivity index (χ2n) is 6.11. The van der Waals surface area contributed by atoms with E-state index in [9.17, 15) is 4.79 Å². The van der Waals surface area contributed by atoms with E-state index in [-0.39, 0.29) is 17.8 Å². The average Bonchev–Trinajstić information content (AvgIpc) is 2.64. The lowest BCUT2D eigenvalue weighted by Crippen LogP contribution is -2.34. The van der Waals surface area contributed by atoms with Crippen molar-refractivity contribution in [2.45, 2.75) is 46.3 Å². The van der Waals surface area contributed by atoms with Crippen LogP contribution < -0.4 is 5.69 Å². The summed E-state index contributed by atoms with van der Waals surface area (Å²) in [5, 5.41) is 0.657. The van der Waals surface area contributed by atoms with Gasteiger partial charge in [0.2, 0.25) is 0 Å². The van der Waals surface area contributed by atoms with E-state index in [0.29, 0.717) is 11.6 Å². The maximum atomic E-state index is 12.2. The summed E-state index contributed by atoms with van der Waals surface area (Å²) < 4.78 is 1.83. The first kappa shape index (κ1) is 14.3. The third-order valence-corrected chi connectivity index (χ3v) is 4.34. The standard InChI is InChI=1S/C16H20ClN3O/c1-9(2)7-19-10(3)8-20-15-13(11(19)4)5-12(17)6-14(15)18-16(20)21/h5-7,10-11H,8H2,1-4H3,(H,18,21)/t10-,11-/m0/s1. The second kappa shape index (κ2) is 4.95. The lowest BCUT2D eigenvalue weighted by atomic mass is 10.0. The minimum Gasteiger partial charge on any atom is -0.366 e. The summed E-state index contributed by atoms with van der Waals surface area (Å²) in [7, 11) is 0. The number of H-pyrrole nitrogens is 1. The summed E-state index contributed by atoms with van der Waals surface area (Å²) in [5.74, 6) is 0. The van der Waals surface area contributed by atoms with Crippen LogP contribution in [-0.4, -0.2) is 20.5 Å². The van der Waals surface area contributed by atoms with Gasteiger partial charge in [0.05, 0.1) is 17.1 Å². The highest BCUT2D eigenvalue weighted by Crippen LogP contribution is 2.34. The van der Waals surface area contributed by atoms with E-state index in [1.807, 2.05) is 16.7 Å². The number of aromatic amines is 1. The number of aromatic nitrogens is 2. The van der Waals surface area contributed by atoms with E-state index in [1.165, 1.54) is 5.57 Å². The molecule has 1 aromatic heterocycles. The lowest BCUT2D eigenvalue weighted by Gasteiger charge is -2.32. The van der Waals surface area contributed by atoms with Crippen LogP contribution >= 0.6 is 11.6 Å². The Hall–Kier alpha value is -1.68. The van der Waals surface area contributed by atoms with Crippen molar-refractivity contribution in [2.24, 2.45) is 0 Å². The van der Waals surface area contributed by atoms with Crippen molar-refractivity contribution in [1.82, 2.24) is 14.5 Å². The number of rotatable bonds is 1. The van der Waals surface area contributed by atoms with Gasteiger partial charge in [-0.3, -0.25) is 4.57 Å². The number of allylic oxidation sites excluding steroid dienone is 1. The monoisotopic (exact) mass is 305 g/mol. The molecule has 3 rings (SSSR count). The van der Waals surface area contributed by atoms with Crippen molar-refractivity contribution in [1.29, 1.82) is 0 Å². The molecule has 5 heteroatoms. The Labute approximate surface area is 129 Å². The Morgan fingerprint density at radius 3 is 2.76 bits per heavy atom. The predicted octanol–water partition coefficient (Wildman–Crippen LogP) is 3.67. The molecule has 1 N–H and O–H groups in total. The molecule has 0 radical (unpaired) electrons. The molecule has 1 aliphatic heterocycles. The second-order valence-corrected chi connectivity index (χ2v) is 6.55. The molecule has 0 aliphatic carbocycles. The number of nitrogens with zero attached hydrogens (tertiary/aromatic N) is 2. The van der Waals surface area contributed by atoms with Gasteiger partial charge in [0.1, 0.15) is 0 Å². The molecule has 0 bridgehead atoms. The molecule has 2 aromatic rings. The summed E-state index contributed by atoms with van der Waals surface area (Å²) >= 11 is 6.23. The lowest BCUT2D eigenvalue weighted by molar-refractivity contribution is 0.218. The number of benzene rings is 1. The zero-order chi connectivity index (χ0) is 15.3. The van der Waals surface area contributed by atoms with Crippen LogP contribution in [0, 0.1) is 0 Å². The van der Waals surface area contributed by atoms with Crippen molar-refractivity contribution in [3.8, 4) is 0 Å². The number of hydrogen-bond acceptors (Lipinski definition) is 2. The molecule has 2 atom stereocenters. The number of nitrogens with one attached hydrogen (secondary N) is 1. The maximum Gasteiger partial charge on any atom is 0.326 e. The van der Waals surface area contributed by atoms with E-state index in [4.69, 9.17) is 11.6 Å². The van der Waals surface area contributed by atoms with Crippen molar-refractivity contribution in [3.05, 3.63) is 45.0 Å². The van der Waals surface area contributed by atoms with Crippen molar-refractivity contribution in [3.63, 3.8) is 0 Å². The highest BCUT2D eigenvalue weighted by Gasteiger charge is 2.28. The molecule has 2 heterocycles. The van der Waals surface area contributed by atoms with Crippen molar-refractivity contribution < 1.29 is 0 Å². The van der Waals surface area contributed by atoms with Crippen LogP contribution in [-0.2, 0) is 6.54 Å². The topological polar surface area (TPSA) is 41.0 Å².